The lowest BCUT2D eigenvalue weighted by molar-refractivity contribution is -0.110. The van der Waals surface area contributed by atoms with Gasteiger partial charge in [0.2, 0.25) is 0 Å². The van der Waals surface area contributed by atoms with Crippen LogP contribution in [-0.2, 0) is 11.2 Å². The first-order valence-electron chi connectivity index (χ1n) is 5.48. The molecule has 84 valence electrons. The van der Waals surface area contributed by atoms with E-state index in [1.807, 2.05) is 39.0 Å². The highest BCUT2D eigenvalue weighted by molar-refractivity contribution is 6.00. The standard InChI is InChI=1S/C15H18O/c1-12(2)9-15(16)11-13(3)10-14-7-5-4-6-8-14/h4-9,11H,10H2,1-3H3. The Labute approximate surface area is 97.5 Å². The molecular weight excluding hydrogens is 196 g/mol. The number of rotatable bonds is 4. The molecule has 0 N–H and O–H groups in total. The number of hydrogen-bond donors (Lipinski definition) is 0. The predicted molar refractivity (Wildman–Crippen MR) is 68.3 cm³/mol. The number of benzene rings is 1. The maximum Gasteiger partial charge on any atom is 0.178 e. The van der Waals surface area contributed by atoms with Gasteiger partial charge in [-0.25, -0.2) is 0 Å². The lowest BCUT2D eigenvalue weighted by Gasteiger charge is -2.00. The van der Waals surface area contributed by atoms with Crippen LogP contribution in [0.15, 0.2) is 53.6 Å². The Morgan fingerprint density at radius 2 is 1.69 bits per heavy atom. The van der Waals surface area contributed by atoms with Gasteiger partial charge in [-0.1, -0.05) is 41.5 Å². The van der Waals surface area contributed by atoms with Crippen LogP contribution in [0.1, 0.15) is 26.3 Å². The summed E-state index contributed by atoms with van der Waals surface area (Å²) in [5.74, 6) is 0.0773. The zero-order valence-electron chi connectivity index (χ0n) is 10.2. The van der Waals surface area contributed by atoms with Crippen LogP contribution in [0.4, 0.5) is 0 Å². The van der Waals surface area contributed by atoms with Gasteiger partial charge in [0.1, 0.15) is 0 Å². The van der Waals surface area contributed by atoms with E-state index in [9.17, 15) is 4.79 Å². The Morgan fingerprint density at radius 3 is 2.25 bits per heavy atom. The zero-order valence-corrected chi connectivity index (χ0v) is 10.2. The fourth-order valence-electron chi connectivity index (χ4n) is 1.54. The summed E-state index contributed by atoms with van der Waals surface area (Å²) in [6.45, 7) is 5.85. The van der Waals surface area contributed by atoms with Crippen molar-refractivity contribution < 1.29 is 4.79 Å². The molecule has 0 aromatic heterocycles. The highest BCUT2D eigenvalue weighted by Crippen LogP contribution is 2.07. The van der Waals surface area contributed by atoms with Crippen molar-refractivity contribution in [3.05, 3.63) is 59.2 Å². The molecule has 0 spiro atoms. The molecule has 0 heterocycles. The maximum absolute atomic E-state index is 11.5. The van der Waals surface area contributed by atoms with E-state index in [1.54, 1.807) is 12.2 Å². The smallest absolute Gasteiger partial charge is 0.178 e. The van der Waals surface area contributed by atoms with Crippen molar-refractivity contribution in [2.45, 2.75) is 27.2 Å². The molecule has 16 heavy (non-hydrogen) atoms. The molecule has 0 unspecified atom stereocenters. The van der Waals surface area contributed by atoms with E-state index in [-0.39, 0.29) is 5.78 Å². The molecule has 0 bridgehead atoms. The summed E-state index contributed by atoms with van der Waals surface area (Å²) >= 11 is 0. The van der Waals surface area contributed by atoms with E-state index in [4.69, 9.17) is 0 Å². The Morgan fingerprint density at radius 1 is 1.06 bits per heavy atom. The second kappa shape index (κ2) is 6.06. The molecule has 1 heteroatoms. The summed E-state index contributed by atoms with van der Waals surface area (Å²) in [7, 11) is 0. The van der Waals surface area contributed by atoms with E-state index in [0.717, 1.165) is 17.6 Å². The molecule has 0 aliphatic carbocycles. The summed E-state index contributed by atoms with van der Waals surface area (Å²) in [6.07, 6.45) is 4.21. The lowest BCUT2D eigenvalue weighted by Crippen LogP contribution is -1.92. The third-order valence-electron chi connectivity index (χ3n) is 2.15. The maximum atomic E-state index is 11.5. The molecule has 0 saturated carbocycles. The molecular formula is C15H18O. The van der Waals surface area contributed by atoms with Gasteiger partial charge in [0.15, 0.2) is 5.78 Å². The largest absolute Gasteiger partial charge is 0.290 e. The van der Waals surface area contributed by atoms with Gasteiger partial charge in [0.25, 0.3) is 0 Å². The number of ketones is 1. The van der Waals surface area contributed by atoms with E-state index >= 15 is 0 Å². The Bertz CT molecular complexity index is 406. The van der Waals surface area contributed by atoms with Crippen LogP contribution in [0, 0.1) is 0 Å². The van der Waals surface area contributed by atoms with Gasteiger partial charge < -0.3 is 0 Å². The van der Waals surface area contributed by atoms with Crippen molar-refractivity contribution >= 4 is 5.78 Å². The van der Waals surface area contributed by atoms with Crippen LogP contribution in [0.25, 0.3) is 0 Å². The van der Waals surface area contributed by atoms with Gasteiger partial charge in [0, 0.05) is 0 Å². The van der Waals surface area contributed by atoms with E-state index in [0.29, 0.717) is 0 Å². The molecule has 0 aliphatic heterocycles. The Balaban J connectivity index is 2.66. The van der Waals surface area contributed by atoms with Gasteiger partial charge in [0.05, 0.1) is 0 Å². The van der Waals surface area contributed by atoms with Crippen molar-refractivity contribution in [3.63, 3.8) is 0 Å². The van der Waals surface area contributed by atoms with Gasteiger partial charge >= 0.3 is 0 Å². The molecule has 0 saturated heterocycles. The second-order valence-electron chi connectivity index (χ2n) is 4.28. The summed E-state index contributed by atoms with van der Waals surface area (Å²) in [5, 5.41) is 0. The topological polar surface area (TPSA) is 17.1 Å². The Kier molecular flexibility index (Phi) is 4.71. The van der Waals surface area contributed by atoms with Crippen molar-refractivity contribution in [1.29, 1.82) is 0 Å². The van der Waals surface area contributed by atoms with Crippen LogP contribution in [-0.4, -0.2) is 5.78 Å². The van der Waals surface area contributed by atoms with E-state index < -0.39 is 0 Å². The molecule has 1 aromatic carbocycles. The van der Waals surface area contributed by atoms with Gasteiger partial charge in [-0.15, -0.1) is 0 Å². The van der Waals surface area contributed by atoms with Crippen LogP contribution in [0.5, 0.6) is 0 Å². The van der Waals surface area contributed by atoms with E-state index in [1.165, 1.54) is 5.56 Å². The fourth-order valence-corrected chi connectivity index (χ4v) is 1.54. The number of carbonyl (C=O) groups excluding carboxylic acids is 1. The summed E-state index contributed by atoms with van der Waals surface area (Å²) in [6, 6.07) is 10.2. The minimum absolute atomic E-state index is 0.0773. The first-order valence-corrected chi connectivity index (χ1v) is 5.48. The van der Waals surface area contributed by atoms with Crippen molar-refractivity contribution in [1.82, 2.24) is 0 Å². The normalized spacial score (nSPS) is 11.1. The summed E-state index contributed by atoms with van der Waals surface area (Å²) in [4.78, 5) is 11.5. The molecule has 1 rings (SSSR count). The Hall–Kier alpha value is -1.63. The van der Waals surface area contributed by atoms with Crippen LogP contribution >= 0.6 is 0 Å². The quantitative estimate of drug-likeness (QED) is 0.698. The molecule has 0 amide bonds. The molecule has 1 nitrogen and oxygen atoms in total. The highest BCUT2D eigenvalue weighted by Gasteiger charge is 1.97. The molecule has 0 radical (unpaired) electrons. The first kappa shape index (κ1) is 12.4. The number of hydrogen-bond acceptors (Lipinski definition) is 1. The van der Waals surface area contributed by atoms with Crippen LogP contribution < -0.4 is 0 Å². The van der Waals surface area contributed by atoms with E-state index in [2.05, 4.69) is 12.1 Å². The van der Waals surface area contributed by atoms with Gasteiger partial charge in [-0.2, -0.15) is 0 Å². The van der Waals surface area contributed by atoms with Crippen molar-refractivity contribution in [3.8, 4) is 0 Å². The van der Waals surface area contributed by atoms with Crippen LogP contribution in [0.3, 0.4) is 0 Å². The zero-order chi connectivity index (χ0) is 12.0. The SMILES string of the molecule is CC(C)=CC(=O)C=C(C)Cc1ccccc1. The monoisotopic (exact) mass is 214 g/mol. The molecule has 0 atom stereocenters. The highest BCUT2D eigenvalue weighted by atomic mass is 16.1. The third-order valence-corrected chi connectivity index (χ3v) is 2.15. The molecule has 1 aromatic rings. The lowest BCUT2D eigenvalue weighted by atomic mass is 10.1. The van der Waals surface area contributed by atoms with Gasteiger partial charge in [-0.3, -0.25) is 4.79 Å². The predicted octanol–water partition coefficient (Wildman–Crippen LogP) is 3.71. The fraction of sp³-hybridized carbons (Fsp3) is 0.267. The van der Waals surface area contributed by atoms with Crippen molar-refractivity contribution in [2.75, 3.05) is 0 Å². The summed E-state index contributed by atoms with van der Waals surface area (Å²) in [5.41, 5.74) is 3.36. The minimum atomic E-state index is 0.0773. The van der Waals surface area contributed by atoms with Crippen molar-refractivity contribution in [2.24, 2.45) is 0 Å². The summed E-state index contributed by atoms with van der Waals surface area (Å²) < 4.78 is 0. The van der Waals surface area contributed by atoms with Gasteiger partial charge in [-0.05, 0) is 44.9 Å². The average molecular weight is 214 g/mol. The first-order chi connectivity index (χ1) is 7.58. The second-order valence-corrected chi connectivity index (χ2v) is 4.28. The number of carbonyl (C=O) groups is 1. The average Bonchev–Trinajstić information content (AvgIpc) is 2.17. The number of allylic oxidation sites excluding steroid dienone is 4. The molecule has 0 fully saturated rings. The molecule has 0 aliphatic rings. The van der Waals surface area contributed by atoms with Crippen LogP contribution in [0.2, 0.25) is 0 Å². The third kappa shape index (κ3) is 4.74. The minimum Gasteiger partial charge on any atom is -0.290 e.